The molecular formula is C16H23NOS. The molecule has 104 valence electrons. The van der Waals surface area contributed by atoms with Crippen LogP contribution in [0.5, 0.6) is 0 Å². The van der Waals surface area contributed by atoms with E-state index in [1.165, 1.54) is 41.9 Å². The molecule has 0 spiro atoms. The van der Waals surface area contributed by atoms with E-state index in [9.17, 15) is 0 Å². The standard InChI is InChI=1S/C16H23NOS/c1-17-14-7-3-4-8-15(14)18-10-12-11-19-16-9-5-2-6-13(12)16/h2,5-6,9,12,14-15,17H,3-4,7-8,10-11H2,1H3. The number of nitrogens with one attached hydrogen (secondary N) is 1. The van der Waals surface area contributed by atoms with Gasteiger partial charge in [-0.2, -0.15) is 0 Å². The first-order chi connectivity index (χ1) is 9.38. The SMILES string of the molecule is CNC1CCCCC1OCC1CSc2ccccc21. The normalized spacial score (nSPS) is 30.3. The second-order valence-electron chi connectivity index (χ2n) is 5.60. The summed E-state index contributed by atoms with van der Waals surface area (Å²) < 4.78 is 6.25. The lowest BCUT2D eigenvalue weighted by atomic mass is 9.92. The Morgan fingerprint density at radius 3 is 3.00 bits per heavy atom. The maximum Gasteiger partial charge on any atom is 0.0728 e. The van der Waals surface area contributed by atoms with E-state index in [1.54, 1.807) is 0 Å². The summed E-state index contributed by atoms with van der Waals surface area (Å²) in [7, 11) is 2.06. The van der Waals surface area contributed by atoms with Crippen LogP contribution in [0.25, 0.3) is 0 Å². The highest BCUT2D eigenvalue weighted by molar-refractivity contribution is 7.99. The summed E-state index contributed by atoms with van der Waals surface area (Å²) >= 11 is 1.97. The van der Waals surface area contributed by atoms with Crippen LogP contribution in [0, 0.1) is 0 Å². The first-order valence-electron chi connectivity index (χ1n) is 7.39. The van der Waals surface area contributed by atoms with Gasteiger partial charge in [-0.15, -0.1) is 11.8 Å². The molecule has 0 aromatic heterocycles. The van der Waals surface area contributed by atoms with Crippen molar-refractivity contribution in [1.82, 2.24) is 5.32 Å². The molecule has 1 fully saturated rings. The predicted molar refractivity (Wildman–Crippen MR) is 81.0 cm³/mol. The summed E-state index contributed by atoms with van der Waals surface area (Å²) in [5, 5.41) is 3.42. The third kappa shape index (κ3) is 2.99. The molecule has 1 aliphatic heterocycles. The van der Waals surface area contributed by atoms with E-state index in [1.807, 2.05) is 11.8 Å². The van der Waals surface area contributed by atoms with Crippen LogP contribution in [0.4, 0.5) is 0 Å². The fraction of sp³-hybridized carbons (Fsp3) is 0.625. The Bertz CT molecular complexity index is 423. The summed E-state index contributed by atoms with van der Waals surface area (Å²) in [5.74, 6) is 1.76. The molecule has 1 aromatic rings. The Morgan fingerprint density at radius 1 is 1.26 bits per heavy atom. The van der Waals surface area contributed by atoms with Gasteiger partial charge in [-0.25, -0.2) is 0 Å². The lowest BCUT2D eigenvalue weighted by Gasteiger charge is -2.32. The molecule has 1 aromatic carbocycles. The minimum absolute atomic E-state index is 0.413. The van der Waals surface area contributed by atoms with Gasteiger partial charge in [0.2, 0.25) is 0 Å². The average molecular weight is 277 g/mol. The van der Waals surface area contributed by atoms with Gasteiger partial charge in [0.15, 0.2) is 0 Å². The molecule has 1 heterocycles. The summed E-state index contributed by atoms with van der Waals surface area (Å²) in [6.07, 6.45) is 5.55. The second kappa shape index (κ2) is 6.29. The van der Waals surface area contributed by atoms with Crippen molar-refractivity contribution in [3.05, 3.63) is 29.8 Å². The highest BCUT2D eigenvalue weighted by atomic mass is 32.2. The topological polar surface area (TPSA) is 21.3 Å². The molecule has 3 rings (SSSR count). The van der Waals surface area contributed by atoms with Crippen LogP contribution in [0.2, 0.25) is 0 Å². The molecule has 0 bridgehead atoms. The van der Waals surface area contributed by atoms with Gasteiger partial charge in [0.1, 0.15) is 0 Å². The first-order valence-corrected chi connectivity index (χ1v) is 8.37. The lowest BCUT2D eigenvalue weighted by molar-refractivity contribution is 0.00215. The Kier molecular flexibility index (Phi) is 4.46. The van der Waals surface area contributed by atoms with E-state index in [0.717, 1.165) is 6.61 Å². The van der Waals surface area contributed by atoms with E-state index in [4.69, 9.17) is 4.74 Å². The zero-order valence-corrected chi connectivity index (χ0v) is 12.4. The number of likely N-dealkylation sites (N-methyl/N-ethyl adjacent to an activating group) is 1. The molecule has 1 aliphatic carbocycles. The maximum absolute atomic E-state index is 6.25. The second-order valence-corrected chi connectivity index (χ2v) is 6.66. The minimum atomic E-state index is 0.413. The third-order valence-corrected chi connectivity index (χ3v) is 5.64. The zero-order chi connectivity index (χ0) is 13.1. The fourth-order valence-corrected chi connectivity index (χ4v) is 4.47. The van der Waals surface area contributed by atoms with Gasteiger partial charge < -0.3 is 10.1 Å². The number of rotatable bonds is 4. The van der Waals surface area contributed by atoms with Crippen molar-refractivity contribution in [2.24, 2.45) is 0 Å². The van der Waals surface area contributed by atoms with Crippen molar-refractivity contribution in [2.75, 3.05) is 19.4 Å². The van der Waals surface area contributed by atoms with Crippen LogP contribution < -0.4 is 5.32 Å². The summed E-state index contributed by atoms with van der Waals surface area (Å²) in [4.78, 5) is 1.45. The molecule has 3 unspecified atom stereocenters. The predicted octanol–water partition coefficient (Wildman–Crippen LogP) is 3.42. The monoisotopic (exact) mass is 277 g/mol. The van der Waals surface area contributed by atoms with Gasteiger partial charge in [0.25, 0.3) is 0 Å². The van der Waals surface area contributed by atoms with E-state index in [0.29, 0.717) is 18.1 Å². The van der Waals surface area contributed by atoms with E-state index in [2.05, 4.69) is 36.6 Å². The number of hydrogen-bond donors (Lipinski definition) is 1. The number of ether oxygens (including phenoxy) is 1. The van der Waals surface area contributed by atoms with Crippen molar-refractivity contribution >= 4 is 11.8 Å². The number of hydrogen-bond acceptors (Lipinski definition) is 3. The minimum Gasteiger partial charge on any atom is -0.376 e. The van der Waals surface area contributed by atoms with Gasteiger partial charge in [0.05, 0.1) is 12.7 Å². The molecule has 1 N–H and O–H groups in total. The summed E-state index contributed by atoms with van der Waals surface area (Å²) in [5.41, 5.74) is 1.49. The highest BCUT2D eigenvalue weighted by Crippen LogP contribution is 2.39. The van der Waals surface area contributed by atoms with Gasteiger partial charge in [0, 0.05) is 22.6 Å². The lowest BCUT2D eigenvalue weighted by Crippen LogP contribution is -2.42. The summed E-state index contributed by atoms with van der Waals surface area (Å²) in [6.45, 7) is 0.882. The van der Waals surface area contributed by atoms with Crippen molar-refractivity contribution in [3.63, 3.8) is 0 Å². The van der Waals surface area contributed by atoms with Crippen molar-refractivity contribution in [1.29, 1.82) is 0 Å². The molecule has 0 amide bonds. The van der Waals surface area contributed by atoms with Crippen molar-refractivity contribution in [3.8, 4) is 0 Å². The molecular weight excluding hydrogens is 254 g/mol. The van der Waals surface area contributed by atoms with Gasteiger partial charge >= 0.3 is 0 Å². The third-order valence-electron chi connectivity index (χ3n) is 4.38. The van der Waals surface area contributed by atoms with Gasteiger partial charge in [-0.3, -0.25) is 0 Å². The van der Waals surface area contributed by atoms with Crippen LogP contribution >= 0.6 is 11.8 Å². The Hall–Kier alpha value is -0.510. The molecule has 2 aliphatic rings. The molecule has 0 saturated heterocycles. The van der Waals surface area contributed by atoms with Crippen LogP contribution in [-0.2, 0) is 4.74 Å². The maximum atomic E-state index is 6.25. The number of fused-ring (bicyclic) bond motifs is 1. The highest BCUT2D eigenvalue weighted by Gasteiger charge is 2.28. The molecule has 0 radical (unpaired) electrons. The fourth-order valence-electron chi connectivity index (χ4n) is 3.23. The quantitative estimate of drug-likeness (QED) is 0.911. The van der Waals surface area contributed by atoms with Crippen molar-refractivity contribution in [2.45, 2.75) is 48.6 Å². The van der Waals surface area contributed by atoms with Gasteiger partial charge in [-0.1, -0.05) is 31.0 Å². The zero-order valence-electron chi connectivity index (χ0n) is 11.6. The van der Waals surface area contributed by atoms with Crippen LogP contribution in [0.15, 0.2) is 29.2 Å². The first kappa shape index (κ1) is 13.5. The van der Waals surface area contributed by atoms with E-state index >= 15 is 0 Å². The molecule has 1 saturated carbocycles. The number of thioether (sulfide) groups is 1. The van der Waals surface area contributed by atoms with E-state index in [-0.39, 0.29) is 0 Å². The number of benzene rings is 1. The molecule has 2 nitrogen and oxygen atoms in total. The van der Waals surface area contributed by atoms with Crippen LogP contribution in [-0.4, -0.2) is 31.6 Å². The van der Waals surface area contributed by atoms with Crippen LogP contribution in [0.1, 0.15) is 37.2 Å². The Balaban J connectivity index is 1.58. The van der Waals surface area contributed by atoms with Gasteiger partial charge in [-0.05, 0) is 31.5 Å². The molecule has 3 atom stereocenters. The van der Waals surface area contributed by atoms with Crippen LogP contribution in [0.3, 0.4) is 0 Å². The summed E-state index contributed by atoms with van der Waals surface area (Å²) in [6, 6.07) is 9.33. The Morgan fingerprint density at radius 2 is 2.11 bits per heavy atom. The van der Waals surface area contributed by atoms with E-state index < -0.39 is 0 Å². The van der Waals surface area contributed by atoms with Crippen molar-refractivity contribution < 1.29 is 4.74 Å². The average Bonchev–Trinajstić information content (AvgIpc) is 2.89. The smallest absolute Gasteiger partial charge is 0.0728 e. The molecule has 19 heavy (non-hydrogen) atoms. The molecule has 3 heteroatoms. The Labute approximate surface area is 120 Å². The largest absolute Gasteiger partial charge is 0.376 e.